The third kappa shape index (κ3) is 3.70. The number of benzene rings is 2. The Balaban J connectivity index is 1.76. The van der Waals surface area contributed by atoms with E-state index < -0.39 is 34.8 Å². The van der Waals surface area contributed by atoms with Crippen molar-refractivity contribution in [3.05, 3.63) is 59.7 Å². The van der Waals surface area contributed by atoms with E-state index in [1.54, 1.807) is 4.68 Å². The van der Waals surface area contributed by atoms with Crippen molar-refractivity contribution in [1.82, 2.24) is 19.7 Å². The number of nitrogens with zero attached hydrogens (tertiary/aromatic N) is 4. The van der Waals surface area contributed by atoms with E-state index in [1.165, 1.54) is 18.5 Å². The maximum atomic E-state index is 15.0. The number of hydrogen-bond donors (Lipinski definition) is 1. The lowest BCUT2D eigenvalue weighted by Gasteiger charge is -2.10. The van der Waals surface area contributed by atoms with Gasteiger partial charge in [-0.15, -0.1) is 0 Å². The predicted molar refractivity (Wildman–Crippen MR) is 106 cm³/mol. The number of aromatic nitrogens is 4. The zero-order valence-electron chi connectivity index (χ0n) is 16.7. The van der Waals surface area contributed by atoms with E-state index in [2.05, 4.69) is 15.1 Å². The van der Waals surface area contributed by atoms with Crippen molar-refractivity contribution in [3.8, 4) is 22.8 Å². The maximum absolute atomic E-state index is 15.0. The average molecular weight is 449 g/mol. The van der Waals surface area contributed by atoms with Crippen LogP contribution in [0.1, 0.15) is 19.8 Å². The highest BCUT2D eigenvalue weighted by Crippen LogP contribution is 2.36. The number of unbranched alkanes of at least 4 members (excludes halogenated alkanes) is 1. The smallest absolute Gasteiger partial charge is 0.204 e. The molecule has 0 radical (unpaired) electrons. The molecule has 0 aliphatic heterocycles. The summed E-state index contributed by atoms with van der Waals surface area (Å²) in [5.41, 5.74) is 6.58. The van der Waals surface area contributed by atoms with Crippen LogP contribution in [0.4, 0.5) is 27.8 Å². The van der Waals surface area contributed by atoms with Crippen molar-refractivity contribution < 1.29 is 26.7 Å². The molecule has 0 aliphatic rings. The SMILES string of the molecule is CCCCn1nc(-c2ccc(Oc3c(F)c(F)cc(F)c3F)cc2F)c2c(N)ncnc21. The molecule has 0 saturated carbocycles. The number of nitrogens with two attached hydrogens (primary N) is 1. The van der Waals surface area contributed by atoms with Crippen LogP contribution in [0.2, 0.25) is 0 Å². The molecule has 0 atom stereocenters. The standard InChI is InChI=1S/C21H16F5N5O/c1-2-3-6-31-21-15(20(27)28-9-29-21)18(30-31)11-5-4-10(7-12(11)22)32-19-16(25)13(23)8-14(24)17(19)26/h4-5,7-9H,2-3,6H2,1H3,(H2,27,28,29). The van der Waals surface area contributed by atoms with Crippen LogP contribution < -0.4 is 10.5 Å². The topological polar surface area (TPSA) is 78.9 Å². The Bertz CT molecular complexity index is 1300. The Labute approximate surface area is 178 Å². The van der Waals surface area contributed by atoms with Crippen molar-refractivity contribution in [2.75, 3.05) is 5.73 Å². The van der Waals surface area contributed by atoms with Gasteiger partial charge in [0.1, 0.15) is 29.4 Å². The number of anilines is 1. The minimum Gasteiger partial charge on any atom is -0.451 e. The van der Waals surface area contributed by atoms with Crippen molar-refractivity contribution in [2.24, 2.45) is 0 Å². The van der Waals surface area contributed by atoms with E-state index in [1.807, 2.05) is 6.92 Å². The molecule has 6 nitrogen and oxygen atoms in total. The second-order valence-corrected chi connectivity index (χ2v) is 6.92. The molecule has 4 aromatic rings. The van der Waals surface area contributed by atoms with Gasteiger partial charge in [-0.05, 0) is 18.6 Å². The Morgan fingerprint density at radius 1 is 0.969 bits per heavy atom. The fourth-order valence-electron chi connectivity index (χ4n) is 3.19. The second-order valence-electron chi connectivity index (χ2n) is 6.92. The van der Waals surface area contributed by atoms with Crippen LogP contribution in [-0.4, -0.2) is 19.7 Å². The van der Waals surface area contributed by atoms with E-state index in [4.69, 9.17) is 10.5 Å². The van der Waals surface area contributed by atoms with Crippen LogP contribution in [0.15, 0.2) is 30.6 Å². The molecule has 2 heterocycles. The molecule has 4 rings (SSSR count). The fraction of sp³-hybridized carbons (Fsp3) is 0.190. The summed E-state index contributed by atoms with van der Waals surface area (Å²) in [5, 5.41) is 4.77. The van der Waals surface area contributed by atoms with E-state index >= 15 is 0 Å². The quantitative estimate of drug-likeness (QED) is 0.317. The van der Waals surface area contributed by atoms with E-state index in [9.17, 15) is 22.0 Å². The normalized spacial score (nSPS) is 11.3. The van der Waals surface area contributed by atoms with Gasteiger partial charge >= 0.3 is 0 Å². The molecule has 0 saturated heterocycles. The highest BCUT2D eigenvalue weighted by Gasteiger charge is 2.23. The first-order valence-electron chi connectivity index (χ1n) is 9.59. The van der Waals surface area contributed by atoms with E-state index in [0.29, 0.717) is 17.6 Å². The number of hydrogen-bond acceptors (Lipinski definition) is 5. The molecule has 0 unspecified atom stereocenters. The van der Waals surface area contributed by atoms with Crippen molar-refractivity contribution >= 4 is 16.9 Å². The summed E-state index contributed by atoms with van der Waals surface area (Å²) in [4.78, 5) is 8.13. The Morgan fingerprint density at radius 3 is 2.34 bits per heavy atom. The number of halogens is 5. The first kappa shape index (κ1) is 21.5. The van der Waals surface area contributed by atoms with Crippen LogP contribution in [0.5, 0.6) is 11.5 Å². The first-order valence-corrected chi connectivity index (χ1v) is 9.59. The van der Waals surface area contributed by atoms with Gasteiger partial charge in [-0.25, -0.2) is 27.8 Å². The Hall–Kier alpha value is -3.76. The molecule has 166 valence electrons. The molecule has 32 heavy (non-hydrogen) atoms. The third-order valence-electron chi connectivity index (χ3n) is 4.77. The molecule has 0 amide bonds. The van der Waals surface area contributed by atoms with Crippen molar-refractivity contribution in [2.45, 2.75) is 26.3 Å². The Morgan fingerprint density at radius 2 is 1.69 bits per heavy atom. The lowest BCUT2D eigenvalue weighted by molar-refractivity contribution is 0.365. The van der Waals surface area contributed by atoms with Gasteiger partial charge in [0.2, 0.25) is 17.4 Å². The van der Waals surface area contributed by atoms with E-state index in [-0.39, 0.29) is 28.9 Å². The molecule has 11 heteroatoms. The van der Waals surface area contributed by atoms with Gasteiger partial charge in [0.05, 0.1) is 5.39 Å². The molecular formula is C21H16F5N5O. The molecule has 2 aromatic heterocycles. The van der Waals surface area contributed by atoms with Gasteiger partial charge in [-0.1, -0.05) is 13.3 Å². The van der Waals surface area contributed by atoms with Gasteiger partial charge < -0.3 is 10.5 Å². The fourth-order valence-corrected chi connectivity index (χ4v) is 3.19. The van der Waals surface area contributed by atoms with Gasteiger partial charge in [0.25, 0.3) is 0 Å². The number of rotatable bonds is 6. The van der Waals surface area contributed by atoms with Crippen LogP contribution in [0.3, 0.4) is 0 Å². The molecule has 0 spiro atoms. The average Bonchev–Trinajstić information content (AvgIpc) is 3.13. The molecular weight excluding hydrogens is 433 g/mol. The van der Waals surface area contributed by atoms with Gasteiger partial charge in [-0.2, -0.15) is 13.9 Å². The number of fused-ring (bicyclic) bond motifs is 1. The summed E-state index contributed by atoms with van der Waals surface area (Å²) in [5.74, 6) is -9.23. The maximum Gasteiger partial charge on any atom is 0.204 e. The summed E-state index contributed by atoms with van der Waals surface area (Å²) in [6.07, 6.45) is 2.97. The summed E-state index contributed by atoms with van der Waals surface area (Å²) in [6.45, 7) is 2.53. The van der Waals surface area contributed by atoms with Crippen molar-refractivity contribution in [1.29, 1.82) is 0 Å². The minimum atomic E-state index is -1.74. The third-order valence-corrected chi connectivity index (χ3v) is 4.77. The minimum absolute atomic E-state index is 0.00506. The lowest BCUT2D eigenvalue weighted by atomic mass is 10.1. The summed E-state index contributed by atoms with van der Waals surface area (Å²) < 4.78 is 76.0. The van der Waals surface area contributed by atoms with Crippen LogP contribution >= 0.6 is 0 Å². The zero-order chi connectivity index (χ0) is 23.0. The lowest BCUT2D eigenvalue weighted by Crippen LogP contribution is -2.01. The van der Waals surface area contributed by atoms with Crippen molar-refractivity contribution in [3.63, 3.8) is 0 Å². The Kier molecular flexibility index (Phi) is 5.64. The summed E-state index contributed by atoms with van der Waals surface area (Å²) in [7, 11) is 0. The largest absolute Gasteiger partial charge is 0.451 e. The highest BCUT2D eigenvalue weighted by atomic mass is 19.2. The molecule has 0 aliphatic carbocycles. The van der Waals surface area contributed by atoms with Crippen LogP contribution in [0.25, 0.3) is 22.3 Å². The number of ether oxygens (including phenoxy) is 1. The molecule has 2 aromatic carbocycles. The summed E-state index contributed by atoms with van der Waals surface area (Å²) >= 11 is 0. The predicted octanol–water partition coefficient (Wildman–Crippen LogP) is 5.36. The van der Waals surface area contributed by atoms with Crippen LogP contribution in [-0.2, 0) is 6.54 Å². The van der Waals surface area contributed by atoms with Gasteiger partial charge in [0, 0.05) is 24.2 Å². The first-order chi connectivity index (χ1) is 15.3. The molecule has 0 bridgehead atoms. The molecule has 2 N–H and O–H groups in total. The zero-order valence-corrected chi connectivity index (χ0v) is 16.7. The highest BCUT2D eigenvalue weighted by molar-refractivity contribution is 5.98. The number of aryl methyl sites for hydroxylation is 1. The number of nitrogen functional groups attached to an aromatic ring is 1. The second kappa shape index (κ2) is 8.40. The monoisotopic (exact) mass is 449 g/mol. The van der Waals surface area contributed by atoms with Gasteiger partial charge in [0.15, 0.2) is 17.3 Å². The van der Waals surface area contributed by atoms with E-state index in [0.717, 1.165) is 18.9 Å². The summed E-state index contributed by atoms with van der Waals surface area (Å²) in [6, 6.07) is 3.28. The van der Waals surface area contributed by atoms with Crippen LogP contribution in [0, 0.1) is 29.1 Å². The molecule has 0 fully saturated rings. The van der Waals surface area contributed by atoms with Gasteiger partial charge in [-0.3, -0.25) is 0 Å².